The van der Waals surface area contributed by atoms with Crippen molar-refractivity contribution in [3.63, 3.8) is 0 Å². The quantitative estimate of drug-likeness (QED) is 0.364. The highest BCUT2D eigenvalue weighted by atomic mass is 16.4. The molecule has 5 heteroatoms. The smallest absolute Gasteiger partial charge is 0.352 e. The third-order valence-corrected chi connectivity index (χ3v) is 5.89. The molecule has 0 amide bonds. The fourth-order valence-electron chi connectivity index (χ4n) is 4.58. The minimum Gasteiger partial charge on any atom is -0.477 e. The van der Waals surface area contributed by atoms with Gasteiger partial charge >= 0.3 is 5.97 Å². The monoisotopic (exact) mass is 449 g/mol. The van der Waals surface area contributed by atoms with Gasteiger partial charge in [0, 0.05) is 55.7 Å². The van der Waals surface area contributed by atoms with Gasteiger partial charge in [0.15, 0.2) is 0 Å². The molecule has 0 fully saturated rings. The molecule has 0 aliphatic heterocycles. The van der Waals surface area contributed by atoms with Gasteiger partial charge in [-0.05, 0) is 30.4 Å². The molecule has 1 heterocycles. The third-order valence-electron chi connectivity index (χ3n) is 5.89. The number of aryl methyl sites for hydroxylation is 1. The summed E-state index contributed by atoms with van der Waals surface area (Å²) >= 11 is 0. The van der Waals surface area contributed by atoms with Gasteiger partial charge in [-0.15, -0.1) is 0 Å². The number of carboxylic acids is 1. The van der Waals surface area contributed by atoms with Crippen molar-refractivity contribution in [1.29, 1.82) is 0 Å². The van der Waals surface area contributed by atoms with Gasteiger partial charge in [-0.25, -0.2) is 4.79 Å². The first kappa shape index (κ1) is 25.0. The van der Waals surface area contributed by atoms with Gasteiger partial charge < -0.3 is 19.9 Å². The molecular weight excluding hydrogens is 410 g/mol. The predicted molar refractivity (Wildman–Crippen MR) is 137 cm³/mol. The number of hydrogen-bond donors (Lipinski definition) is 2. The second kappa shape index (κ2) is 11.5. The van der Waals surface area contributed by atoms with E-state index in [1.807, 2.05) is 28.8 Å². The first-order valence-electron chi connectivity index (χ1n) is 12.1. The summed E-state index contributed by atoms with van der Waals surface area (Å²) in [6, 6.07) is 16.3. The van der Waals surface area contributed by atoms with Gasteiger partial charge in [-0.2, -0.15) is 0 Å². The van der Waals surface area contributed by atoms with Gasteiger partial charge in [-0.1, -0.05) is 75.7 Å². The Balaban J connectivity index is 1.81. The lowest BCUT2D eigenvalue weighted by Crippen LogP contribution is -2.37. The fourth-order valence-corrected chi connectivity index (χ4v) is 4.58. The second-order valence-corrected chi connectivity index (χ2v) is 9.95. The van der Waals surface area contributed by atoms with Gasteiger partial charge in [0.2, 0.25) is 0 Å². The molecule has 0 aliphatic carbocycles. The number of hydrogen-bond acceptors (Lipinski definition) is 3. The van der Waals surface area contributed by atoms with Crippen LogP contribution in [0.3, 0.4) is 0 Å². The summed E-state index contributed by atoms with van der Waals surface area (Å²) in [5, 5.41) is 14.7. The molecule has 178 valence electrons. The van der Waals surface area contributed by atoms with E-state index in [-0.39, 0.29) is 0 Å². The number of para-hydroxylation sites is 1. The van der Waals surface area contributed by atoms with E-state index in [4.69, 9.17) is 0 Å². The molecule has 0 bridgehead atoms. The molecule has 33 heavy (non-hydrogen) atoms. The Morgan fingerprint density at radius 3 is 2.24 bits per heavy atom. The van der Waals surface area contributed by atoms with Crippen molar-refractivity contribution in [3.05, 3.63) is 70.9 Å². The van der Waals surface area contributed by atoms with E-state index < -0.39 is 5.97 Å². The van der Waals surface area contributed by atoms with Crippen molar-refractivity contribution >= 4 is 16.9 Å². The number of carbonyl (C=O) groups is 1. The van der Waals surface area contributed by atoms with E-state index >= 15 is 0 Å². The maximum atomic E-state index is 12.4. The van der Waals surface area contributed by atoms with Crippen LogP contribution in [0.2, 0.25) is 0 Å². The highest BCUT2D eigenvalue weighted by molar-refractivity contribution is 5.98. The Labute approximate surface area is 198 Å². The molecule has 5 nitrogen and oxygen atoms in total. The number of benzene rings is 2. The lowest BCUT2D eigenvalue weighted by atomic mass is 10.1. The van der Waals surface area contributed by atoms with Crippen LogP contribution in [-0.4, -0.2) is 46.7 Å². The molecule has 2 aromatic carbocycles. The average Bonchev–Trinajstić information content (AvgIpc) is 3.05. The van der Waals surface area contributed by atoms with Crippen LogP contribution < -0.4 is 5.32 Å². The number of fused-ring (bicyclic) bond motifs is 1. The maximum Gasteiger partial charge on any atom is 0.352 e. The standard InChI is InChI=1S/C28H39N3O2/c1-20(2)17-30(18-21(3)4)15-14-29-16-25-24-8-6-7-9-26(24)31(27(25)28(32)33)19-23-12-10-22(5)11-13-23/h6-13,20-21,29H,14-19H2,1-5H3,(H,32,33). The second-order valence-electron chi connectivity index (χ2n) is 9.95. The van der Waals surface area contributed by atoms with E-state index in [0.29, 0.717) is 30.6 Å². The Kier molecular flexibility index (Phi) is 8.70. The van der Waals surface area contributed by atoms with Crippen molar-refractivity contribution in [3.8, 4) is 0 Å². The van der Waals surface area contributed by atoms with Crippen LogP contribution in [-0.2, 0) is 13.1 Å². The molecule has 0 unspecified atom stereocenters. The van der Waals surface area contributed by atoms with Crippen molar-refractivity contribution in [1.82, 2.24) is 14.8 Å². The van der Waals surface area contributed by atoms with E-state index in [9.17, 15) is 9.90 Å². The Morgan fingerprint density at radius 2 is 1.64 bits per heavy atom. The number of aromatic nitrogens is 1. The minimum atomic E-state index is -0.878. The Bertz CT molecular complexity index is 1040. The van der Waals surface area contributed by atoms with Crippen LogP contribution in [0.4, 0.5) is 0 Å². The zero-order valence-corrected chi connectivity index (χ0v) is 20.8. The Morgan fingerprint density at radius 1 is 1.00 bits per heavy atom. The van der Waals surface area contributed by atoms with Gasteiger partial charge in [0.05, 0.1) is 0 Å². The number of carboxylic acid groups (broad SMARTS) is 1. The first-order valence-corrected chi connectivity index (χ1v) is 12.1. The molecule has 3 rings (SSSR count). The Hall–Kier alpha value is -2.63. The molecule has 0 radical (unpaired) electrons. The minimum absolute atomic E-state index is 0.380. The van der Waals surface area contributed by atoms with Crippen molar-refractivity contribution < 1.29 is 9.90 Å². The predicted octanol–water partition coefficient (Wildman–Crippen LogP) is 5.40. The van der Waals surface area contributed by atoms with Gasteiger partial charge in [0.1, 0.15) is 5.69 Å². The fraction of sp³-hybridized carbons (Fsp3) is 0.464. The SMILES string of the molecule is Cc1ccc(Cn2c(C(=O)O)c(CNCCN(CC(C)C)CC(C)C)c3ccccc32)cc1. The van der Waals surface area contributed by atoms with Crippen molar-refractivity contribution in [2.45, 2.75) is 47.7 Å². The van der Waals surface area contributed by atoms with Gasteiger partial charge in [0.25, 0.3) is 0 Å². The third kappa shape index (κ3) is 6.68. The normalized spacial score (nSPS) is 11.9. The molecule has 2 N–H and O–H groups in total. The molecular formula is C28H39N3O2. The summed E-state index contributed by atoms with van der Waals surface area (Å²) in [6.07, 6.45) is 0. The lowest BCUT2D eigenvalue weighted by molar-refractivity contribution is 0.0684. The summed E-state index contributed by atoms with van der Waals surface area (Å²) in [7, 11) is 0. The zero-order valence-electron chi connectivity index (χ0n) is 20.8. The number of rotatable bonds is 12. The van der Waals surface area contributed by atoms with E-state index in [0.717, 1.165) is 48.2 Å². The number of nitrogens with zero attached hydrogens (tertiary/aromatic N) is 2. The molecule has 0 spiro atoms. The number of nitrogens with one attached hydrogen (secondary N) is 1. The average molecular weight is 450 g/mol. The van der Waals surface area contributed by atoms with Crippen LogP contribution >= 0.6 is 0 Å². The van der Waals surface area contributed by atoms with E-state index in [1.54, 1.807) is 0 Å². The van der Waals surface area contributed by atoms with Crippen LogP contribution in [0.25, 0.3) is 10.9 Å². The lowest BCUT2D eigenvalue weighted by Gasteiger charge is -2.26. The topological polar surface area (TPSA) is 57.5 Å². The van der Waals surface area contributed by atoms with Crippen molar-refractivity contribution in [2.75, 3.05) is 26.2 Å². The zero-order chi connectivity index (χ0) is 24.0. The molecule has 0 aliphatic rings. The highest BCUT2D eigenvalue weighted by Gasteiger charge is 2.22. The molecule has 0 atom stereocenters. The van der Waals surface area contributed by atoms with Gasteiger partial charge in [-0.3, -0.25) is 0 Å². The van der Waals surface area contributed by atoms with Crippen LogP contribution in [0, 0.1) is 18.8 Å². The molecule has 0 saturated heterocycles. The summed E-state index contributed by atoms with van der Waals surface area (Å²) in [5.41, 5.74) is 4.51. The maximum absolute atomic E-state index is 12.4. The molecule has 1 aromatic heterocycles. The largest absolute Gasteiger partial charge is 0.477 e. The highest BCUT2D eigenvalue weighted by Crippen LogP contribution is 2.27. The van der Waals surface area contributed by atoms with Crippen LogP contribution in [0.1, 0.15) is 54.9 Å². The van der Waals surface area contributed by atoms with Crippen LogP contribution in [0.5, 0.6) is 0 Å². The summed E-state index contributed by atoms with van der Waals surface area (Å²) in [5.74, 6) is 0.376. The first-order chi connectivity index (χ1) is 15.8. The molecule has 3 aromatic rings. The number of aromatic carboxylic acids is 1. The summed E-state index contributed by atoms with van der Waals surface area (Å²) in [6.45, 7) is 16.1. The molecule has 0 saturated carbocycles. The van der Waals surface area contributed by atoms with Crippen LogP contribution in [0.15, 0.2) is 48.5 Å². The summed E-state index contributed by atoms with van der Waals surface area (Å²) < 4.78 is 1.95. The van der Waals surface area contributed by atoms with E-state index in [1.165, 1.54) is 5.56 Å². The van der Waals surface area contributed by atoms with E-state index in [2.05, 4.69) is 69.1 Å². The van der Waals surface area contributed by atoms with Crippen molar-refractivity contribution in [2.24, 2.45) is 11.8 Å². The summed E-state index contributed by atoms with van der Waals surface area (Å²) in [4.78, 5) is 14.9.